The summed E-state index contributed by atoms with van der Waals surface area (Å²) in [6, 6.07) is 6.94. The van der Waals surface area contributed by atoms with Gasteiger partial charge in [0.05, 0.1) is 10.3 Å². The average Bonchev–Trinajstić information content (AvgIpc) is 2.67. The Hall–Kier alpha value is -3.68. The minimum Gasteiger partial charge on any atom is -0.486 e. The molecule has 0 aliphatic heterocycles. The number of nitro groups is 1. The van der Waals surface area contributed by atoms with E-state index in [-0.39, 0.29) is 17.7 Å². The van der Waals surface area contributed by atoms with Gasteiger partial charge in [0, 0.05) is 30.7 Å². The summed E-state index contributed by atoms with van der Waals surface area (Å²) in [4.78, 5) is 34.3. The predicted molar refractivity (Wildman–Crippen MR) is 105 cm³/mol. The molecule has 8 nitrogen and oxygen atoms in total. The van der Waals surface area contributed by atoms with E-state index >= 15 is 0 Å². The molecule has 29 heavy (non-hydrogen) atoms. The molecule has 0 unspecified atom stereocenters. The zero-order chi connectivity index (χ0) is 21.3. The fraction of sp³-hybridized carbons (Fsp3) is 0.238. The van der Waals surface area contributed by atoms with Gasteiger partial charge in [-0.05, 0) is 44.0 Å². The number of nitrogens with zero attached hydrogens (tertiary/aromatic N) is 1. The maximum Gasteiger partial charge on any atom is 0.308 e. The molecule has 150 valence electrons. The summed E-state index contributed by atoms with van der Waals surface area (Å²) in [5.41, 5.74) is 2.03. The fourth-order valence-electron chi connectivity index (χ4n) is 3.08. The molecule has 1 heterocycles. The van der Waals surface area contributed by atoms with E-state index in [2.05, 4.69) is 0 Å². The van der Waals surface area contributed by atoms with Crippen LogP contribution < -0.4 is 14.9 Å². The third-order valence-corrected chi connectivity index (χ3v) is 4.63. The number of ether oxygens (including phenoxy) is 2. The van der Waals surface area contributed by atoms with Crippen molar-refractivity contribution in [2.24, 2.45) is 0 Å². The van der Waals surface area contributed by atoms with Crippen LogP contribution in [0.25, 0.3) is 11.0 Å². The molecule has 0 aliphatic carbocycles. The van der Waals surface area contributed by atoms with Crippen LogP contribution in [0.3, 0.4) is 0 Å². The molecular formula is C21H19NO7. The summed E-state index contributed by atoms with van der Waals surface area (Å²) >= 11 is 0. The van der Waals surface area contributed by atoms with Crippen LogP contribution in [0.5, 0.6) is 11.5 Å². The van der Waals surface area contributed by atoms with E-state index in [9.17, 15) is 19.7 Å². The molecule has 0 saturated heterocycles. The molecular weight excluding hydrogens is 378 g/mol. The quantitative estimate of drug-likeness (QED) is 0.275. The lowest BCUT2D eigenvalue weighted by atomic mass is 9.99. The van der Waals surface area contributed by atoms with Gasteiger partial charge in [0.15, 0.2) is 5.43 Å². The molecule has 0 N–H and O–H groups in total. The lowest BCUT2D eigenvalue weighted by molar-refractivity contribution is -0.384. The van der Waals surface area contributed by atoms with Crippen LogP contribution >= 0.6 is 0 Å². The molecule has 2 aromatic carbocycles. The number of fused-ring (bicyclic) bond motifs is 1. The normalized spacial score (nSPS) is 10.8. The van der Waals surface area contributed by atoms with Gasteiger partial charge in [0.1, 0.15) is 29.4 Å². The molecule has 0 atom stereocenters. The predicted octanol–water partition coefficient (Wildman–Crippen LogP) is 4.13. The Kier molecular flexibility index (Phi) is 5.36. The third-order valence-electron chi connectivity index (χ3n) is 4.63. The number of nitro benzene ring substituents is 1. The number of benzene rings is 2. The SMILES string of the molecule is CC(=O)Oc1c(C)c(C)c2oc(COc3ccc([N+](=O)[O-])cc3)cc(=O)c2c1C. The first-order valence-electron chi connectivity index (χ1n) is 8.81. The number of carbonyl (C=O) groups is 1. The van der Waals surface area contributed by atoms with E-state index in [1.807, 2.05) is 0 Å². The molecule has 0 saturated carbocycles. The summed E-state index contributed by atoms with van der Waals surface area (Å²) in [6.07, 6.45) is 0. The second-order valence-electron chi connectivity index (χ2n) is 6.62. The summed E-state index contributed by atoms with van der Waals surface area (Å²) in [5.74, 6) is 0.618. The summed E-state index contributed by atoms with van der Waals surface area (Å²) in [6.45, 7) is 6.57. The van der Waals surface area contributed by atoms with E-state index < -0.39 is 10.9 Å². The van der Waals surface area contributed by atoms with Crippen LogP contribution in [-0.4, -0.2) is 10.9 Å². The zero-order valence-corrected chi connectivity index (χ0v) is 16.4. The highest BCUT2D eigenvalue weighted by Gasteiger charge is 2.19. The number of esters is 1. The van der Waals surface area contributed by atoms with Crippen LogP contribution in [0.4, 0.5) is 5.69 Å². The van der Waals surface area contributed by atoms with Gasteiger partial charge in [-0.25, -0.2) is 0 Å². The number of hydrogen-bond donors (Lipinski definition) is 0. The average molecular weight is 397 g/mol. The number of carbonyl (C=O) groups excluding carboxylic acids is 1. The summed E-state index contributed by atoms with van der Waals surface area (Å²) < 4.78 is 16.8. The topological polar surface area (TPSA) is 109 Å². The molecule has 3 aromatic rings. The molecule has 3 rings (SSSR count). The van der Waals surface area contributed by atoms with E-state index in [4.69, 9.17) is 13.9 Å². The highest BCUT2D eigenvalue weighted by atomic mass is 16.6. The number of aryl methyl sites for hydroxylation is 2. The highest BCUT2D eigenvalue weighted by Crippen LogP contribution is 2.34. The van der Waals surface area contributed by atoms with E-state index in [1.165, 1.54) is 37.3 Å². The van der Waals surface area contributed by atoms with Gasteiger partial charge < -0.3 is 13.9 Å². The maximum atomic E-state index is 12.7. The number of non-ortho nitro benzene ring substituents is 1. The smallest absolute Gasteiger partial charge is 0.308 e. The minimum absolute atomic E-state index is 0.0216. The van der Waals surface area contributed by atoms with Crippen molar-refractivity contribution in [2.75, 3.05) is 0 Å². The molecule has 0 bridgehead atoms. The molecule has 0 radical (unpaired) electrons. The molecule has 8 heteroatoms. The summed E-state index contributed by atoms with van der Waals surface area (Å²) in [7, 11) is 0. The largest absolute Gasteiger partial charge is 0.486 e. The van der Waals surface area contributed by atoms with E-state index in [0.717, 1.165) is 0 Å². The van der Waals surface area contributed by atoms with Gasteiger partial charge in [-0.2, -0.15) is 0 Å². The van der Waals surface area contributed by atoms with Crippen molar-refractivity contribution < 1.29 is 23.6 Å². The fourth-order valence-corrected chi connectivity index (χ4v) is 3.08. The first-order chi connectivity index (χ1) is 13.7. The van der Waals surface area contributed by atoms with Gasteiger partial charge in [0.2, 0.25) is 0 Å². The van der Waals surface area contributed by atoms with Gasteiger partial charge in [-0.3, -0.25) is 19.7 Å². The molecule has 0 fully saturated rings. The van der Waals surface area contributed by atoms with Crippen molar-refractivity contribution in [3.63, 3.8) is 0 Å². The Labute approximate surface area is 165 Å². The van der Waals surface area contributed by atoms with Crippen LogP contribution in [-0.2, 0) is 11.4 Å². The molecule has 0 spiro atoms. The van der Waals surface area contributed by atoms with Crippen LogP contribution in [0.1, 0.15) is 29.4 Å². The number of rotatable bonds is 5. The van der Waals surface area contributed by atoms with Crippen molar-refractivity contribution in [3.05, 3.63) is 73.1 Å². The zero-order valence-electron chi connectivity index (χ0n) is 16.4. The third kappa shape index (κ3) is 3.96. The Bertz CT molecular complexity index is 1180. The molecule has 0 amide bonds. The highest BCUT2D eigenvalue weighted by molar-refractivity contribution is 5.88. The van der Waals surface area contributed by atoms with Gasteiger partial charge >= 0.3 is 5.97 Å². The monoisotopic (exact) mass is 397 g/mol. The lowest BCUT2D eigenvalue weighted by Gasteiger charge is -2.15. The van der Waals surface area contributed by atoms with Crippen molar-refractivity contribution in [3.8, 4) is 11.5 Å². The van der Waals surface area contributed by atoms with Crippen molar-refractivity contribution in [1.29, 1.82) is 0 Å². The first kappa shape index (κ1) is 20.1. The van der Waals surface area contributed by atoms with E-state index in [1.54, 1.807) is 20.8 Å². The summed E-state index contributed by atoms with van der Waals surface area (Å²) in [5, 5.41) is 11.1. The Morgan fingerprint density at radius 2 is 1.76 bits per heavy atom. The van der Waals surface area contributed by atoms with Crippen LogP contribution in [0, 0.1) is 30.9 Å². The van der Waals surface area contributed by atoms with Gasteiger partial charge in [-0.15, -0.1) is 0 Å². The maximum absolute atomic E-state index is 12.7. The Balaban J connectivity index is 1.97. The van der Waals surface area contributed by atoms with Gasteiger partial charge in [-0.1, -0.05) is 0 Å². The standard InChI is InChI=1S/C21H19NO7/c1-11-12(2)21-19(13(3)20(11)28-14(4)23)18(24)9-17(29-21)10-27-16-7-5-15(6-8-16)22(25)26/h5-9H,10H2,1-4H3. The second-order valence-corrected chi connectivity index (χ2v) is 6.62. The van der Waals surface area contributed by atoms with Crippen molar-refractivity contribution in [2.45, 2.75) is 34.3 Å². The lowest BCUT2D eigenvalue weighted by Crippen LogP contribution is -2.11. The molecule has 1 aromatic heterocycles. The minimum atomic E-state index is -0.496. The van der Waals surface area contributed by atoms with Crippen molar-refractivity contribution in [1.82, 2.24) is 0 Å². The van der Waals surface area contributed by atoms with Gasteiger partial charge in [0.25, 0.3) is 5.69 Å². The van der Waals surface area contributed by atoms with Crippen LogP contribution in [0.2, 0.25) is 0 Å². The van der Waals surface area contributed by atoms with Crippen LogP contribution in [0.15, 0.2) is 39.5 Å². The Morgan fingerprint density at radius 1 is 1.10 bits per heavy atom. The number of hydrogen-bond acceptors (Lipinski definition) is 7. The molecule has 0 aliphatic rings. The first-order valence-corrected chi connectivity index (χ1v) is 8.81. The van der Waals surface area contributed by atoms with Crippen molar-refractivity contribution >= 4 is 22.6 Å². The second kappa shape index (κ2) is 7.75. The van der Waals surface area contributed by atoms with E-state index in [0.29, 0.717) is 44.9 Å². The Morgan fingerprint density at radius 3 is 2.34 bits per heavy atom.